The van der Waals surface area contributed by atoms with Gasteiger partial charge >= 0.3 is 12.3 Å². The fourth-order valence-electron chi connectivity index (χ4n) is 3.98. The summed E-state index contributed by atoms with van der Waals surface area (Å²) >= 11 is 0. The van der Waals surface area contributed by atoms with Gasteiger partial charge in [-0.2, -0.15) is 13.2 Å². The highest BCUT2D eigenvalue weighted by Crippen LogP contribution is 2.50. The Morgan fingerprint density at radius 3 is 2.44 bits per heavy atom. The molecule has 0 unspecified atom stereocenters. The molecule has 34 heavy (non-hydrogen) atoms. The van der Waals surface area contributed by atoms with Crippen molar-refractivity contribution >= 4 is 12.0 Å². The molecule has 1 saturated heterocycles. The van der Waals surface area contributed by atoms with Crippen LogP contribution in [-0.2, 0) is 22.3 Å². The molecular weight excluding hydrogens is 458 g/mol. The van der Waals surface area contributed by atoms with Gasteiger partial charge < -0.3 is 10.1 Å². The third-order valence-electron chi connectivity index (χ3n) is 5.64. The highest BCUT2D eigenvalue weighted by atomic mass is 19.4. The summed E-state index contributed by atoms with van der Waals surface area (Å²) in [5, 5.41) is 2.66. The molecule has 12 heteroatoms. The molecule has 2 fully saturated rings. The van der Waals surface area contributed by atoms with Crippen LogP contribution in [0.4, 0.5) is 22.4 Å². The Morgan fingerprint density at radius 1 is 1.15 bits per heavy atom. The van der Waals surface area contributed by atoms with Crippen LogP contribution in [0.15, 0.2) is 24.7 Å². The van der Waals surface area contributed by atoms with Crippen LogP contribution in [0, 0.1) is 17.7 Å². The maximum atomic E-state index is 14.3. The Kier molecular flexibility index (Phi) is 5.94. The number of aromatic nitrogens is 3. The Hall–Kier alpha value is -3.31. The summed E-state index contributed by atoms with van der Waals surface area (Å²) in [6.45, 7) is 5.45. The summed E-state index contributed by atoms with van der Waals surface area (Å²) in [5.41, 5.74) is -0.317. The first-order valence-corrected chi connectivity index (χ1v) is 10.6. The largest absolute Gasteiger partial charge is 0.451 e. The molecule has 2 aromatic rings. The van der Waals surface area contributed by atoms with Crippen LogP contribution in [-0.4, -0.2) is 50.0 Å². The lowest BCUT2D eigenvalue weighted by Crippen LogP contribution is -2.49. The molecule has 0 bridgehead atoms. The van der Waals surface area contributed by atoms with Crippen molar-refractivity contribution in [2.24, 2.45) is 11.8 Å². The highest BCUT2D eigenvalue weighted by Gasteiger charge is 2.57. The number of hydrogen-bond donors (Lipinski definition) is 1. The summed E-state index contributed by atoms with van der Waals surface area (Å²) in [6, 6.07) is 0.606. The van der Waals surface area contributed by atoms with Gasteiger partial charge in [0.1, 0.15) is 17.5 Å². The average molecular weight is 481 g/mol. The molecule has 1 saturated carbocycles. The Labute approximate surface area is 192 Å². The van der Waals surface area contributed by atoms with Gasteiger partial charge in [-0.3, -0.25) is 14.7 Å². The normalized spacial score (nSPS) is 21.7. The van der Waals surface area contributed by atoms with Crippen molar-refractivity contribution in [3.05, 3.63) is 41.9 Å². The molecule has 2 aliphatic rings. The minimum absolute atomic E-state index is 0.0367. The molecule has 2 aromatic heterocycles. The molecular formula is C22H23F4N5O3. The van der Waals surface area contributed by atoms with Crippen molar-refractivity contribution in [2.45, 2.75) is 51.6 Å². The number of amides is 2. The van der Waals surface area contributed by atoms with Gasteiger partial charge in [0, 0.05) is 36.6 Å². The molecule has 1 aliphatic heterocycles. The molecule has 4 rings (SSSR count). The third kappa shape index (κ3) is 5.10. The van der Waals surface area contributed by atoms with Gasteiger partial charge in [0.2, 0.25) is 11.7 Å². The van der Waals surface area contributed by atoms with Crippen LogP contribution in [0.25, 0.3) is 11.3 Å². The number of piperidine rings is 1. The number of pyridine rings is 1. The van der Waals surface area contributed by atoms with Crippen molar-refractivity contribution < 1.29 is 31.9 Å². The van der Waals surface area contributed by atoms with Crippen LogP contribution in [0.1, 0.15) is 38.6 Å². The molecule has 0 radical (unpaired) electrons. The van der Waals surface area contributed by atoms with Crippen LogP contribution in [0.5, 0.6) is 0 Å². The summed E-state index contributed by atoms with van der Waals surface area (Å²) in [6.07, 6.45) is -1.61. The summed E-state index contributed by atoms with van der Waals surface area (Å²) < 4.78 is 57.7. The molecule has 0 spiro atoms. The van der Waals surface area contributed by atoms with Gasteiger partial charge in [0.15, 0.2) is 0 Å². The first-order valence-electron chi connectivity index (χ1n) is 10.6. The first kappa shape index (κ1) is 23.8. The van der Waals surface area contributed by atoms with Gasteiger partial charge in [0.05, 0.1) is 11.9 Å². The second-order valence-corrected chi connectivity index (χ2v) is 9.41. The van der Waals surface area contributed by atoms with E-state index in [4.69, 9.17) is 4.74 Å². The number of carbonyl (C=O) groups excluding carboxylic acids is 2. The van der Waals surface area contributed by atoms with Crippen molar-refractivity contribution in [1.29, 1.82) is 0 Å². The Bertz CT molecular complexity index is 1100. The van der Waals surface area contributed by atoms with E-state index in [1.54, 1.807) is 20.8 Å². The quantitative estimate of drug-likeness (QED) is 0.671. The van der Waals surface area contributed by atoms with Gasteiger partial charge in [0.25, 0.3) is 0 Å². The third-order valence-corrected chi connectivity index (χ3v) is 5.64. The summed E-state index contributed by atoms with van der Waals surface area (Å²) in [7, 11) is 0. The van der Waals surface area contributed by atoms with E-state index in [-0.39, 0.29) is 35.2 Å². The molecule has 1 N–H and O–H groups in total. The number of halogens is 4. The number of hydrogen-bond acceptors (Lipinski definition) is 6. The molecule has 8 nitrogen and oxygen atoms in total. The van der Waals surface area contributed by atoms with Crippen LogP contribution in [0.2, 0.25) is 0 Å². The average Bonchev–Trinajstić information content (AvgIpc) is 3.40. The lowest BCUT2D eigenvalue weighted by Gasteiger charge is -2.29. The van der Waals surface area contributed by atoms with Crippen LogP contribution >= 0.6 is 0 Å². The van der Waals surface area contributed by atoms with Gasteiger partial charge in [-0.1, -0.05) is 0 Å². The molecule has 2 amide bonds. The maximum Gasteiger partial charge on any atom is 0.451 e. The maximum absolute atomic E-state index is 14.3. The second-order valence-electron chi connectivity index (χ2n) is 9.41. The zero-order valence-electron chi connectivity index (χ0n) is 18.7. The van der Waals surface area contributed by atoms with E-state index in [1.807, 2.05) is 0 Å². The predicted octanol–water partition coefficient (Wildman–Crippen LogP) is 3.57. The molecule has 3 atom stereocenters. The number of fused-ring (bicyclic) bond motifs is 1. The molecule has 3 heterocycles. The van der Waals surface area contributed by atoms with Gasteiger partial charge in [-0.15, -0.1) is 0 Å². The monoisotopic (exact) mass is 481 g/mol. The van der Waals surface area contributed by atoms with Crippen LogP contribution < -0.4 is 5.32 Å². The van der Waals surface area contributed by atoms with E-state index in [0.717, 1.165) is 25.0 Å². The second kappa shape index (κ2) is 8.48. The lowest BCUT2D eigenvalue weighted by atomic mass is 10.1. The highest BCUT2D eigenvalue weighted by molar-refractivity contribution is 5.87. The fraction of sp³-hybridized carbons (Fsp3) is 0.500. The van der Waals surface area contributed by atoms with E-state index < -0.39 is 41.5 Å². The smallest absolute Gasteiger partial charge is 0.444 e. The first-order chi connectivity index (χ1) is 15.8. The van der Waals surface area contributed by atoms with Gasteiger partial charge in [-0.05, 0) is 45.1 Å². The number of nitrogens with one attached hydrogen (secondary N) is 1. The lowest BCUT2D eigenvalue weighted by molar-refractivity contribution is -0.145. The SMILES string of the molecule is CC(C)(C)OC(=O)N1C[C@@H]2C[C@@H]2[C@H]1C(=O)NCc1cc(-c2cnc(C(F)(F)F)nc2)ncc1F. The van der Waals surface area contributed by atoms with E-state index >= 15 is 0 Å². The van der Waals surface area contributed by atoms with E-state index in [1.165, 1.54) is 11.0 Å². The number of ether oxygens (including phenoxy) is 1. The standard InChI is InChI=1S/C22H23F4N5O3/c1-21(2,3)34-20(33)31-10-12-4-14(12)17(31)18(32)28-6-11-5-16(27-9-15(11)23)13-7-29-19(30-8-13)22(24,25)26/h5,7-9,12,14,17H,4,6,10H2,1-3H3,(H,28,32)/t12-,14-,17-/m0/s1. The van der Waals surface area contributed by atoms with Gasteiger partial charge in [-0.25, -0.2) is 19.2 Å². The molecule has 1 aliphatic carbocycles. The number of rotatable bonds is 4. The minimum Gasteiger partial charge on any atom is -0.444 e. The Balaban J connectivity index is 1.45. The topological polar surface area (TPSA) is 97.3 Å². The Morgan fingerprint density at radius 2 is 1.82 bits per heavy atom. The zero-order valence-corrected chi connectivity index (χ0v) is 18.7. The zero-order chi connectivity index (χ0) is 24.8. The van der Waals surface area contributed by atoms with Crippen LogP contribution in [0.3, 0.4) is 0 Å². The van der Waals surface area contributed by atoms with Crippen molar-refractivity contribution in [2.75, 3.05) is 6.54 Å². The van der Waals surface area contributed by atoms with E-state index in [0.29, 0.717) is 6.54 Å². The predicted molar refractivity (Wildman–Crippen MR) is 110 cm³/mol. The summed E-state index contributed by atoms with van der Waals surface area (Å²) in [4.78, 5) is 37.3. The van der Waals surface area contributed by atoms with E-state index in [2.05, 4.69) is 20.3 Å². The summed E-state index contributed by atoms with van der Waals surface area (Å²) in [5.74, 6) is -2.14. The number of nitrogens with zero attached hydrogens (tertiary/aromatic N) is 4. The van der Waals surface area contributed by atoms with Crippen molar-refractivity contribution in [3.8, 4) is 11.3 Å². The van der Waals surface area contributed by atoms with E-state index in [9.17, 15) is 27.2 Å². The number of likely N-dealkylation sites (tertiary alicyclic amines) is 1. The number of carbonyl (C=O) groups is 2. The van der Waals surface area contributed by atoms with Crippen molar-refractivity contribution in [3.63, 3.8) is 0 Å². The molecule has 182 valence electrons. The molecule has 0 aromatic carbocycles. The fourth-order valence-corrected chi connectivity index (χ4v) is 3.98. The minimum atomic E-state index is -4.68. The van der Waals surface area contributed by atoms with Crippen molar-refractivity contribution in [1.82, 2.24) is 25.2 Å². The number of alkyl halides is 3.